The second-order valence-electron chi connectivity index (χ2n) is 5.90. The molecule has 0 saturated carbocycles. The van der Waals surface area contributed by atoms with Crippen LogP contribution in [0.1, 0.15) is 10.4 Å². The van der Waals surface area contributed by atoms with Gasteiger partial charge in [0, 0.05) is 5.39 Å². The molecule has 2 heterocycles. The number of Topliss-reactive ketones (excluding diaryl/α,β-unsaturated/α-hetero) is 1. The predicted molar refractivity (Wildman–Crippen MR) is 105 cm³/mol. The van der Waals surface area contributed by atoms with Gasteiger partial charge in [-0.25, -0.2) is 14.4 Å². The van der Waals surface area contributed by atoms with Gasteiger partial charge in [0.25, 0.3) is 0 Å². The van der Waals surface area contributed by atoms with Gasteiger partial charge >= 0.3 is 0 Å². The molecule has 7 heteroatoms. The lowest BCUT2D eigenvalue weighted by molar-refractivity contribution is 0.101. The van der Waals surface area contributed by atoms with Gasteiger partial charge < -0.3 is 9.15 Å². The molecule has 0 unspecified atom stereocenters. The lowest BCUT2D eigenvalue weighted by atomic mass is 10.1. The van der Waals surface area contributed by atoms with Crippen LogP contribution >= 0.6 is 11.8 Å². The Hall–Kier alpha value is -3.19. The SMILES string of the molecule is COc1ccc(F)cc1C(=O)CSc1nc(-c2ccco2)nc2ccccc12. The number of fused-ring (bicyclic) bond motifs is 1. The van der Waals surface area contributed by atoms with E-state index in [4.69, 9.17) is 9.15 Å². The van der Waals surface area contributed by atoms with E-state index in [0.29, 0.717) is 22.4 Å². The maximum Gasteiger partial charge on any atom is 0.197 e. The van der Waals surface area contributed by atoms with Crippen LogP contribution in [0, 0.1) is 5.82 Å². The summed E-state index contributed by atoms with van der Waals surface area (Å²) in [4.78, 5) is 21.8. The van der Waals surface area contributed by atoms with Crippen LogP contribution in [0.25, 0.3) is 22.5 Å². The first-order valence-electron chi connectivity index (χ1n) is 8.46. The summed E-state index contributed by atoms with van der Waals surface area (Å²) in [6, 6.07) is 15.0. The van der Waals surface area contributed by atoms with Crippen LogP contribution in [-0.2, 0) is 0 Å². The molecule has 0 spiro atoms. The van der Waals surface area contributed by atoms with Crippen molar-refractivity contribution in [3.05, 3.63) is 72.2 Å². The fourth-order valence-corrected chi connectivity index (χ4v) is 3.69. The normalized spacial score (nSPS) is 10.9. The van der Waals surface area contributed by atoms with Crippen LogP contribution in [0.5, 0.6) is 5.75 Å². The first-order chi connectivity index (χ1) is 13.7. The Labute approximate surface area is 164 Å². The smallest absolute Gasteiger partial charge is 0.197 e. The van der Waals surface area contributed by atoms with Crippen molar-refractivity contribution >= 4 is 28.4 Å². The fraction of sp³-hybridized carbons (Fsp3) is 0.0952. The van der Waals surface area contributed by atoms with Crippen LogP contribution < -0.4 is 4.74 Å². The van der Waals surface area contributed by atoms with E-state index >= 15 is 0 Å². The van der Waals surface area contributed by atoms with E-state index in [1.807, 2.05) is 24.3 Å². The summed E-state index contributed by atoms with van der Waals surface area (Å²) >= 11 is 1.27. The monoisotopic (exact) mass is 394 g/mol. The molecule has 0 amide bonds. The number of ketones is 1. The number of hydrogen-bond acceptors (Lipinski definition) is 6. The number of methoxy groups -OCH3 is 1. The highest BCUT2D eigenvalue weighted by Gasteiger charge is 2.17. The highest BCUT2D eigenvalue weighted by Crippen LogP contribution is 2.30. The zero-order chi connectivity index (χ0) is 19.5. The van der Waals surface area contributed by atoms with Crippen LogP contribution in [0.15, 0.2) is 70.3 Å². The van der Waals surface area contributed by atoms with Crippen molar-refractivity contribution < 1.29 is 18.3 Å². The summed E-state index contributed by atoms with van der Waals surface area (Å²) in [6.07, 6.45) is 1.56. The van der Waals surface area contributed by atoms with E-state index in [9.17, 15) is 9.18 Å². The molecule has 0 bridgehead atoms. The second-order valence-corrected chi connectivity index (χ2v) is 6.87. The van der Waals surface area contributed by atoms with Crippen LogP contribution in [0.4, 0.5) is 4.39 Å². The minimum Gasteiger partial charge on any atom is -0.496 e. The fourth-order valence-electron chi connectivity index (χ4n) is 2.78. The Bertz CT molecular complexity index is 1150. The molecule has 4 aromatic rings. The average molecular weight is 394 g/mol. The highest BCUT2D eigenvalue weighted by atomic mass is 32.2. The van der Waals surface area contributed by atoms with Crippen molar-refractivity contribution in [3.8, 4) is 17.3 Å². The van der Waals surface area contributed by atoms with Crippen molar-refractivity contribution in [2.45, 2.75) is 5.03 Å². The minimum atomic E-state index is -0.484. The summed E-state index contributed by atoms with van der Waals surface area (Å²) in [7, 11) is 1.45. The summed E-state index contributed by atoms with van der Waals surface area (Å²) in [6.45, 7) is 0. The Kier molecular flexibility index (Phi) is 5.08. The van der Waals surface area contributed by atoms with E-state index in [-0.39, 0.29) is 17.1 Å². The van der Waals surface area contributed by atoms with Gasteiger partial charge in [0.15, 0.2) is 17.4 Å². The molecule has 0 N–H and O–H groups in total. The summed E-state index contributed by atoms with van der Waals surface area (Å²) < 4.78 is 24.2. The van der Waals surface area contributed by atoms with Crippen LogP contribution in [-0.4, -0.2) is 28.6 Å². The molecule has 0 atom stereocenters. The first-order valence-corrected chi connectivity index (χ1v) is 9.44. The van der Waals surface area contributed by atoms with Crippen LogP contribution in [0.3, 0.4) is 0 Å². The van der Waals surface area contributed by atoms with E-state index in [2.05, 4.69) is 9.97 Å². The molecule has 2 aromatic heterocycles. The Morgan fingerprint density at radius 3 is 2.79 bits per heavy atom. The maximum absolute atomic E-state index is 13.6. The van der Waals surface area contributed by atoms with Crippen molar-refractivity contribution in [2.24, 2.45) is 0 Å². The maximum atomic E-state index is 13.6. The Balaban J connectivity index is 1.66. The Morgan fingerprint density at radius 1 is 1.14 bits per heavy atom. The number of halogens is 1. The number of rotatable bonds is 6. The van der Waals surface area contributed by atoms with Gasteiger partial charge in [-0.2, -0.15) is 0 Å². The first kappa shape index (κ1) is 18.2. The van der Waals surface area contributed by atoms with Gasteiger partial charge in [-0.1, -0.05) is 30.0 Å². The molecule has 0 saturated heterocycles. The molecule has 28 heavy (non-hydrogen) atoms. The number of benzene rings is 2. The minimum absolute atomic E-state index is 0.0818. The summed E-state index contributed by atoms with van der Waals surface area (Å²) in [5, 5.41) is 1.49. The number of thioether (sulfide) groups is 1. The zero-order valence-electron chi connectivity index (χ0n) is 14.9. The summed E-state index contributed by atoms with van der Waals surface area (Å²) in [5.41, 5.74) is 0.960. The van der Waals surface area contributed by atoms with E-state index in [1.165, 1.54) is 37.1 Å². The topological polar surface area (TPSA) is 65.2 Å². The Morgan fingerprint density at radius 2 is 2.00 bits per heavy atom. The number of furan rings is 1. The molecule has 140 valence electrons. The van der Waals surface area contributed by atoms with Gasteiger partial charge in [-0.3, -0.25) is 4.79 Å². The predicted octanol–water partition coefficient (Wildman–Crippen LogP) is 5.01. The van der Waals surface area contributed by atoms with E-state index < -0.39 is 5.82 Å². The van der Waals surface area contributed by atoms with Gasteiger partial charge in [-0.15, -0.1) is 0 Å². The molecular formula is C21H15FN2O3S. The number of nitrogens with zero attached hydrogens (tertiary/aromatic N) is 2. The lowest BCUT2D eigenvalue weighted by Crippen LogP contribution is -2.06. The largest absolute Gasteiger partial charge is 0.496 e. The molecule has 2 aromatic carbocycles. The zero-order valence-corrected chi connectivity index (χ0v) is 15.7. The standard InChI is InChI=1S/C21H15FN2O3S/c1-26-18-9-8-13(22)11-15(18)17(25)12-28-21-14-5-2-3-6-16(14)23-20(24-21)19-7-4-10-27-19/h2-11H,12H2,1H3. The number of aromatic nitrogens is 2. The molecule has 0 fully saturated rings. The number of hydrogen-bond donors (Lipinski definition) is 0. The van der Waals surface area contributed by atoms with E-state index in [1.54, 1.807) is 18.4 Å². The van der Waals surface area contributed by atoms with Crippen molar-refractivity contribution in [3.63, 3.8) is 0 Å². The van der Waals surface area contributed by atoms with E-state index in [0.717, 1.165) is 10.9 Å². The average Bonchev–Trinajstić information content (AvgIpc) is 3.26. The molecule has 4 rings (SSSR count). The quantitative estimate of drug-likeness (QED) is 0.260. The number of ether oxygens (including phenoxy) is 1. The van der Waals surface area contributed by atoms with Gasteiger partial charge in [0.1, 0.15) is 16.6 Å². The molecule has 0 aliphatic heterocycles. The lowest BCUT2D eigenvalue weighted by Gasteiger charge is -2.09. The second kappa shape index (κ2) is 7.82. The number of para-hydroxylation sites is 1. The third kappa shape index (κ3) is 3.61. The molecule has 0 aliphatic rings. The van der Waals surface area contributed by atoms with Gasteiger partial charge in [0.05, 0.1) is 30.2 Å². The molecule has 5 nitrogen and oxygen atoms in total. The van der Waals surface area contributed by atoms with Gasteiger partial charge in [0.2, 0.25) is 0 Å². The molecule has 0 radical (unpaired) electrons. The molecular weight excluding hydrogens is 379 g/mol. The molecule has 0 aliphatic carbocycles. The van der Waals surface area contributed by atoms with Gasteiger partial charge in [-0.05, 0) is 36.4 Å². The van der Waals surface area contributed by atoms with Crippen molar-refractivity contribution in [2.75, 3.05) is 12.9 Å². The summed E-state index contributed by atoms with van der Waals surface area (Å²) in [5.74, 6) is 0.687. The van der Waals surface area contributed by atoms with Crippen molar-refractivity contribution in [1.82, 2.24) is 9.97 Å². The number of carbonyl (C=O) groups is 1. The third-order valence-electron chi connectivity index (χ3n) is 4.11. The number of carbonyl (C=O) groups excluding carboxylic acids is 1. The van der Waals surface area contributed by atoms with Crippen LogP contribution in [0.2, 0.25) is 0 Å². The van der Waals surface area contributed by atoms with Crippen molar-refractivity contribution in [1.29, 1.82) is 0 Å². The third-order valence-corrected chi connectivity index (χ3v) is 5.10. The highest BCUT2D eigenvalue weighted by molar-refractivity contribution is 8.00.